The van der Waals surface area contributed by atoms with Crippen LogP contribution in [0.3, 0.4) is 0 Å². The van der Waals surface area contributed by atoms with Crippen molar-refractivity contribution in [1.82, 2.24) is 4.98 Å². The summed E-state index contributed by atoms with van der Waals surface area (Å²) in [5.74, 6) is 0. The zero-order valence-corrected chi connectivity index (χ0v) is 10.0. The van der Waals surface area contributed by atoms with Crippen molar-refractivity contribution in [2.75, 3.05) is 0 Å². The van der Waals surface area contributed by atoms with E-state index in [9.17, 15) is 5.11 Å². The molecule has 2 rings (SSSR count). The van der Waals surface area contributed by atoms with Crippen LogP contribution in [0.2, 0.25) is 0 Å². The van der Waals surface area contributed by atoms with E-state index in [2.05, 4.69) is 11.9 Å². The number of hydrogen-bond donors (Lipinski definition) is 1. The summed E-state index contributed by atoms with van der Waals surface area (Å²) in [7, 11) is 0. The smallest absolute Gasteiger partial charge is 0.0634 e. The van der Waals surface area contributed by atoms with Crippen molar-refractivity contribution in [2.45, 2.75) is 51.6 Å². The minimum Gasteiger partial charge on any atom is -0.392 e. The minimum absolute atomic E-state index is 0.119. The van der Waals surface area contributed by atoms with Gasteiger partial charge in [-0.25, -0.2) is 0 Å². The van der Waals surface area contributed by atoms with Crippen molar-refractivity contribution in [2.24, 2.45) is 5.41 Å². The SMILES string of the molecule is CC1(C(O)Cc2cccnc2)CCCCC1. The van der Waals surface area contributed by atoms with Gasteiger partial charge in [-0.3, -0.25) is 4.98 Å². The van der Waals surface area contributed by atoms with Gasteiger partial charge in [-0.1, -0.05) is 32.3 Å². The zero-order valence-electron chi connectivity index (χ0n) is 10.0. The van der Waals surface area contributed by atoms with Crippen LogP contribution in [0.15, 0.2) is 24.5 Å². The van der Waals surface area contributed by atoms with Crippen LogP contribution in [-0.4, -0.2) is 16.2 Å². The molecule has 1 aromatic rings. The Kier molecular flexibility index (Phi) is 3.59. The molecule has 0 amide bonds. The number of rotatable bonds is 3. The highest BCUT2D eigenvalue weighted by Crippen LogP contribution is 2.39. The van der Waals surface area contributed by atoms with Crippen molar-refractivity contribution >= 4 is 0 Å². The van der Waals surface area contributed by atoms with Gasteiger partial charge < -0.3 is 5.11 Å². The molecular weight excluding hydrogens is 198 g/mol. The number of nitrogens with zero attached hydrogens (tertiary/aromatic N) is 1. The summed E-state index contributed by atoms with van der Waals surface area (Å²) in [6.07, 6.45) is 10.3. The summed E-state index contributed by atoms with van der Waals surface area (Å²) in [4.78, 5) is 4.09. The number of aromatic nitrogens is 1. The first kappa shape index (κ1) is 11.6. The van der Waals surface area contributed by atoms with Gasteiger partial charge in [0.25, 0.3) is 0 Å². The molecule has 0 radical (unpaired) electrons. The Labute approximate surface area is 97.7 Å². The van der Waals surface area contributed by atoms with E-state index in [4.69, 9.17) is 0 Å². The average molecular weight is 219 g/mol. The van der Waals surface area contributed by atoms with E-state index in [0.717, 1.165) is 24.8 Å². The van der Waals surface area contributed by atoms with Crippen molar-refractivity contribution in [3.05, 3.63) is 30.1 Å². The number of aliphatic hydroxyl groups is 1. The van der Waals surface area contributed by atoms with Crippen LogP contribution in [-0.2, 0) is 6.42 Å². The van der Waals surface area contributed by atoms with Gasteiger partial charge >= 0.3 is 0 Å². The predicted molar refractivity (Wildman–Crippen MR) is 65.1 cm³/mol. The molecular formula is C14H21NO. The second-order valence-corrected chi connectivity index (χ2v) is 5.30. The van der Waals surface area contributed by atoms with Crippen LogP contribution < -0.4 is 0 Å². The first-order valence-electron chi connectivity index (χ1n) is 6.28. The Balaban J connectivity index is 1.99. The van der Waals surface area contributed by atoms with Gasteiger partial charge in [-0.15, -0.1) is 0 Å². The first-order valence-corrected chi connectivity index (χ1v) is 6.28. The summed E-state index contributed by atoms with van der Waals surface area (Å²) in [6, 6.07) is 3.98. The Morgan fingerprint density at radius 3 is 2.75 bits per heavy atom. The van der Waals surface area contributed by atoms with Crippen LogP contribution in [0.5, 0.6) is 0 Å². The average Bonchev–Trinajstić information content (AvgIpc) is 2.31. The van der Waals surface area contributed by atoms with E-state index >= 15 is 0 Å². The Bertz CT molecular complexity index is 317. The maximum Gasteiger partial charge on any atom is 0.0634 e. The molecule has 88 valence electrons. The number of pyridine rings is 1. The molecule has 0 spiro atoms. The van der Waals surface area contributed by atoms with Gasteiger partial charge in [0.1, 0.15) is 0 Å². The summed E-state index contributed by atoms with van der Waals surface area (Å²) < 4.78 is 0. The van der Waals surface area contributed by atoms with Gasteiger partial charge in [-0.2, -0.15) is 0 Å². The monoisotopic (exact) mass is 219 g/mol. The van der Waals surface area contributed by atoms with E-state index in [-0.39, 0.29) is 11.5 Å². The normalized spacial score (nSPS) is 21.6. The second kappa shape index (κ2) is 4.96. The molecule has 0 aliphatic heterocycles. The van der Waals surface area contributed by atoms with Crippen LogP contribution in [0.25, 0.3) is 0 Å². The van der Waals surface area contributed by atoms with E-state index < -0.39 is 0 Å². The predicted octanol–water partition coefficient (Wildman–Crippen LogP) is 2.96. The lowest BCUT2D eigenvalue weighted by Gasteiger charge is -2.38. The molecule has 2 heteroatoms. The van der Waals surface area contributed by atoms with E-state index in [1.807, 2.05) is 18.3 Å². The third-order valence-electron chi connectivity index (χ3n) is 3.95. The van der Waals surface area contributed by atoms with Crippen LogP contribution >= 0.6 is 0 Å². The maximum atomic E-state index is 10.4. The molecule has 1 aliphatic carbocycles. The summed E-state index contributed by atoms with van der Waals surface area (Å²) in [5, 5.41) is 10.4. The highest BCUT2D eigenvalue weighted by Gasteiger charge is 2.34. The molecule has 1 aromatic heterocycles. The highest BCUT2D eigenvalue weighted by molar-refractivity contribution is 5.10. The highest BCUT2D eigenvalue weighted by atomic mass is 16.3. The van der Waals surface area contributed by atoms with E-state index in [1.165, 1.54) is 19.3 Å². The molecule has 0 aromatic carbocycles. The molecule has 0 bridgehead atoms. The van der Waals surface area contributed by atoms with E-state index in [1.54, 1.807) is 6.20 Å². The molecule has 1 atom stereocenters. The summed E-state index contributed by atoms with van der Waals surface area (Å²) in [5.41, 5.74) is 1.26. The fraction of sp³-hybridized carbons (Fsp3) is 0.643. The minimum atomic E-state index is -0.225. The molecule has 1 unspecified atom stereocenters. The molecule has 0 saturated heterocycles. The third kappa shape index (κ3) is 2.62. The number of aliphatic hydroxyl groups excluding tert-OH is 1. The Morgan fingerprint density at radius 2 is 2.12 bits per heavy atom. The largest absolute Gasteiger partial charge is 0.392 e. The van der Waals surface area contributed by atoms with Gasteiger partial charge in [0.15, 0.2) is 0 Å². The Hall–Kier alpha value is -0.890. The van der Waals surface area contributed by atoms with Gasteiger partial charge in [-0.05, 0) is 29.9 Å². The number of hydrogen-bond acceptors (Lipinski definition) is 2. The van der Waals surface area contributed by atoms with Crippen molar-refractivity contribution in [3.8, 4) is 0 Å². The van der Waals surface area contributed by atoms with Crippen molar-refractivity contribution in [3.63, 3.8) is 0 Å². The molecule has 1 fully saturated rings. The van der Waals surface area contributed by atoms with Crippen LogP contribution in [0.1, 0.15) is 44.6 Å². The van der Waals surface area contributed by atoms with Gasteiger partial charge in [0.05, 0.1) is 6.10 Å². The lowest BCUT2D eigenvalue weighted by molar-refractivity contribution is 0.0103. The summed E-state index contributed by atoms with van der Waals surface area (Å²) in [6.45, 7) is 2.23. The first-order chi connectivity index (χ1) is 7.71. The molecule has 2 nitrogen and oxygen atoms in total. The fourth-order valence-electron chi connectivity index (χ4n) is 2.68. The second-order valence-electron chi connectivity index (χ2n) is 5.30. The van der Waals surface area contributed by atoms with E-state index in [0.29, 0.717) is 0 Å². The van der Waals surface area contributed by atoms with Crippen LogP contribution in [0, 0.1) is 5.41 Å². The van der Waals surface area contributed by atoms with Crippen molar-refractivity contribution in [1.29, 1.82) is 0 Å². The molecule has 1 saturated carbocycles. The van der Waals surface area contributed by atoms with Crippen molar-refractivity contribution < 1.29 is 5.11 Å². The van der Waals surface area contributed by atoms with Gasteiger partial charge in [0, 0.05) is 18.8 Å². The lowest BCUT2D eigenvalue weighted by atomic mass is 9.70. The standard InChI is InChI=1S/C14H21NO/c1-14(7-3-2-4-8-14)13(16)10-12-6-5-9-15-11-12/h5-6,9,11,13,16H,2-4,7-8,10H2,1H3. The fourth-order valence-corrected chi connectivity index (χ4v) is 2.68. The maximum absolute atomic E-state index is 10.4. The molecule has 1 N–H and O–H groups in total. The molecule has 16 heavy (non-hydrogen) atoms. The zero-order chi connectivity index (χ0) is 11.4. The van der Waals surface area contributed by atoms with Gasteiger partial charge in [0.2, 0.25) is 0 Å². The molecule has 1 aliphatic rings. The Morgan fingerprint density at radius 1 is 1.38 bits per heavy atom. The lowest BCUT2D eigenvalue weighted by Crippen LogP contribution is -2.35. The van der Waals surface area contributed by atoms with Crippen LogP contribution in [0.4, 0.5) is 0 Å². The topological polar surface area (TPSA) is 33.1 Å². The molecule has 1 heterocycles. The third-order valence-corrected chi connectivity index (χ3v) is 3.95. The quantitative estimate of drug-likeness (QED) is 0.848. The summed E-state index contributed by atoms with van der Waals surface area (Å²) >= 11 is 0.